The minimum atomic E-state index is -2.93. The molecule has 1 fully saturated rings. The molecule has 2 aliphatic rings. The molecule has 1 heterocycles. The van der Waals surface area contributed by atoms with Gasteiger partial charge >= 0.3 is 0 Å². The van der Waals surface area contributed by atoms with Gasteiger partial charge < -0.3 is 4.90 Å². The summed E-state index contributed by atoms with van der Waals surface area (Å²) in [7, 11) is -2.93. The number of aryl methyl sites for hydroxylation is 1. The Morgan fingerprint density at radius 2 is 1.84 bits per heavy atom. The van der Waals surface area contributed by atoms with E-state index in [1.807, 2.05) is 18.2 Å². The van der Waals surface area contributed by atoms with Gasteiger partial charge in [-0.3, -0.25) is 4.79 Å². The van der Waals surface area contributed by atoms with Gasteiger partial charge in [0.05, 0.1) is 17.4 Å². The van der Waals surface area contributed by atoms with Gasteiger partial charge in [0.1, 0.15) is 0 Å². The average Bonchev–Trinajstić information content (AvgIpc) is 2.82. The van der Waals surface area contributed by atoms with Crippen molar-refractivity contribution in [1.29, 1.82) is 0 Å². The van der Waals surface area contributed by atoms with Crippen molar-refractivity contribution in [3.05, 3.63) is 35.4 Å². The molecule has 1 aromatic rings. The van der Waals surface area contributed by atoms with Crippen molar-refractivity contribution in [2.75, 3.05) is 24.6 Å². The largest absolute Gasteiger partial charge is 0.340 e. The first-order valence-electron chi connectivity index (χ1n) is 6.64. The van der Waals surface area contributed by atoms with Crippen LogP contribution in [0.3, 0.4) is 0 Å². The Morgan fingerprint density at radius 3 is 2.58 bits per heavy atom. The van der Waals surface area contributed by atoms with Gasteiger partial charge in [0.2, 0.25) is 5.91 Å². The van der Waals surface area contributed by atoms with Gasteiger partial charge in [0, 0.05) is 13.1 Å². The van der Waals surface area contributed by atoms with Crippen LogP contribution in [0.25, 0.3) is 0 Å². The van der Waals surface area contributed by atoms with Crippen LogP contribution in [0.4, 0.5) is 0 Å². The van der Waals surface area contributed by atoms with Gasteiger partial charge in [-0.05, 0) is 24.0 Å². The summed E-state index contributed by atoms with van der Waals surface area (Å²) in [6.45, 7) is 0.694. The third kappa shape index (κ3) is 2.39. The average molecular weight is 279 g/mol. The number of amides is 1. The van der Waals surface area contributed by atoms with Crippen molar-refractivity contribution >= 4 is 15.7 Å². The molecule has 4 nitrogen and oxygen atoms in total. The molecule has 1 aliphatic carbocycles. The summed E-state index contributed by atoms with van der Waals surface area (Å²) in [4.78, 5) is 14.2. The minimum Gasteiger partial charge on any atom is -0.340 e. The first-order chi connectivity index (χ1) is 9.07. The van der Waals surface area contributed by atoms with E-state index in [4.69, 9.17) is 0 Å². The van der Waals surface area contributed by atoms with Crippen LogP contribution in [0.2, 0.25) is 0 Å². The number of nitrogens with zero attached hydrogens (tertiary/aromatic N) is 1. The quantitative estimate of drug-likeness (QED) is 0.770. The fraction of sp³-hybridized carbons (Fsp3) is 0.500. The molecule has 1 aliphatic heterocycles. The highest BCUT2D eigenvalue weighted by Gasteiger charge is 2.33. The lowest BCUT2D eigenvalue weighted by molar-refractivity contribution is -0.132. The highest BCUT2D eigenvalue weighted by molar-refractivity contribution is 7.91. The molecule has 1 unspecified atom stereocenters. The van der Waals surface area contributed by atoms with Crippen LogP contribution in [-0.4, -0.2) is 43.8 Å². The summed E-state index contributed by atoms with van der Waals surface area (Å²) >= 11 is 0. The van der Waals surface area contributed by atoms with Crippen LogP contribution in [0.15, 0.2) is 24.3 Å². The number of carbonyl (C=O) groups excluding carboxylic acids is 1. The molecule has 0 bridgehead atoms. The highest BCUT2D eigenvalue weighted by Crippen LogP contribution is 2.34. The molecule has 1 atom stereocenters. The van der Waals surface area contributed by atoms with E-state index >= 15 is 0 Å². The Labute approximate surface area is 113 Å². The van der Waals surface area contributed by atoms with Crippen LogP contribution in [-0.2, 0) is 21.1 Å². The Bertz CT molecular complexity index is 595. The lowest BCUT2D eigenvalue weighted by atomic mass is 10.00. The van der Waals surface area contributed by atoms with Crippen LogP contribution in [0, 0.1) is 0 Å². The van der Waals surface area contributed by atoms with E-state index < -0.39 is 9.84 Å². The van der Waals surface area contributed by atoms with E-state index in [1.165, 1.54) is 5.56 Å². The molecular weight excluding hydrogens is 262 g/mol. The fourth-order valence-corrected chi connectivity index (χ4v) is 4.17. The summed E-state index contributed by atoms with van der Waals surface area (Å²) < 4.78 is 22.8. The van der Waals surface area contributed by atoms with Crippen LogP contribution in [0.1, 0.15) is 23.5 Å². The van der Waals surface area contributed by atoms with Crippen LogP contribution in [0.5, 0.6) is 0 Å². The Balaban J connectivity index is 1.76. The van der Waals surface area contributed by atoms with E-state index in [0.29, 0.717) is 13.1 Å². The van der Waals surface area contributed by atoms with E-state index in [1.54, 1.807) is 4.90 Å². The standard InChI is InChI=1S/C14H17NO3S/c16-14(15-7-9-19(17,18)10-8-15)13-6-5-11-3-1-2-4-12(11)13/h1-4,13H,5-10H2. The fourth-order valence-electron chi connectivity index (χ4n) is 2.97. The number of hydrogen-bond donors (Lipinski definition) is 0. The topological polar surface area (TPSA) is 54.5 Å². The zero-order valence-corrected chi connectivity index (χ0v) is 11.5. The second-order valence-corrected chi connectivity index (χ2v) is 7.57. The van der Waals surface area contributed by atoms with Crippen molar-refractivity contribution < 1.29 is 13.2 Å². The van der Waals surface area contributed by atoms with E-state index in [-0.39, 0.29) is 23.3 Å². The number of benzene rings is 1. The number of rotatable bonds is 1. The lowest BCUT2D eigenvalue weighted by Crippen LogP contribution is -2.45. The molecular formula is C14H17NO3S. The molecule has 5 heteroatoms. The molecule has 0 radical (unpaired) electrons. The minimum absolute atomic E-state index is 0.0722. The van der Waals surface area contributed by atoms with Crippen LogP contribution >= 0.6 is 0 Å². The van der Waals surface area contributed by atoms with Gasteiger partial charge in [0.25, 0.3) is 0 Å². The molecule has 0 saturated carbocycles. The summed E-state index contributed by atoms with van der Waals surface area (Å²) in [5.74, 6) is 0.233. The summed E-state index contributed by atoms with van der Waals surface area (Å²) in [5.41, 5.74) is 2.38. The Hall–Kier alpha value is -1.36. The predicted molar refractivity (Wildman–Crippen MR) is 72.7 cm³/mol. The van der Waals surface area contributed by atoms with Crippen molar-refractivity contribution in [2.45, 2.75) is 18.8 Å². The SMILES string of the molecule is O=C(C1CCc2ccccc21)N1CCS(=O)(=O)CC1. The Morgan fingerprint density at radius 1 is 1.16 bits per heavy atom. The third-order valence-electron chi connectivity index (χ3n) is 4.09. The zero-order chi connectivity index (χ0) is 13.5. The zero-order valence-electron chi connectivity index (χ0n) is 10.7. The molecule has 19 heavy (non-hydrogen) atoms. The maximum atomic E-state index is 12.5. The second-order valence-electron chi connectivity index (χ2n) is 5.27. The Kier molecular flexibility index (Phi) is 3.09. The molecule has 0 aromatic heterocycles. The maximum absolute atomic E-state index is 12.5. The number of fused-ring (bicyclic) bond motifs is 1. The van der Waals surface area contributed by atoms with Gasteiger partial charge in [-0.15, -0.1) is 0 Å². The smallest absolute Gasteiger partial charge is 0.230 e. The normalized spacial score (nSPS) is 25.1. The van der Waals surface area contributed by atoms with Crippen molar-refractivity contribution in [1.82, 2.24) is 4.90 Å². The lowest BCUT2D eigenvalue weighted by Gasteiger charge is -2.29. The van der Waals surface area contributed by atoms with Crippen molar-refractivity contribution in [3.63, 3.8) is 0 Å². The molecule has 1 aromatic carbocycles. The highest BCUT2D eigenvalue weighted by atomic mass is 32.2. The molecule has 0 N–H and O–H groups in total. The van der Waals surface area contributed by atoms with Gasteiger partial charge in [0.15, 0.2) is 9.84 Å². The number of sulfone groups is 1. The number of carbonyl (C=O) groups is 1. The maximum Gasteiger partial charge on any atom is 0.230 e. The molecule has 0 spiro atoms. The van der Waals surface area contributed by atoms with Gasteiger partial charge in [-0.25, -0.2) is 8.42 Å². The van der Waals surface area contributed by atoms with E-state index in [9.17, 15) is 13.2 Å². The first-order valence-corrected chi connectivity index (χ1v) is 8.46. The molecule has 1 saturated heterocycles. The monoisotopic (exact) mass is 279 g/mol. The van der Waals surface area contributed by atoms with Crippen molar-refractivity contribution in [3.8, 4) is 0 Å². The van der Waals surface area contributed by atoms with Crippen LogP contribution < -0.4 is 0 Å². The summed E-state index contributed by atoms with van der Waals surface area (Å²) in [6.07, 6.45) is 1.79. The van der Waals surface area contributed by atoms with Gasteiger partial charge in [-0.1, -0.05) is 24.3 Å². The molecule has 3 rings (SSSR count). The predicted octanol–water partition coefficient (Wildman–Crippen LogP) is 0.973. The van der Waals surface area contributed by atoms with E-state index in [0.717, 1.165) is 18.4 Å². The second kappa shape index (κ2) is 4.63. The third-order valence-corrected chi connectivity index (χ3v) is 5.70. The van der Waals surface area contributed by atoms with Gasteiger partial charge in [-0.2, -0.15) is 0 Å². The van der Waals surface area contributed by atoms with E-state index in [2.05, 4.69) is 6.07 Å². The summed E-state index contributed by atoms with van der Waals surface area (Å²) in [5, 5.41) is 0. The first kappa shape index (κ1) is 12.7. The summed E-state index contributed by atoms with van der Waals surface area (Å²) in [6, 6.07) is 8.05. The number of hydrogen-bond acceptors (Lipinski definition) is 3. The van der Waals surface area contributed by atoms with Crippen molar-refractivity contribution in [2.24, 2.45) is 0 Å². The molecule has 1 amide bonds. The molecule has 102 valence electrons.